The van der Waals surface area contributed by atoms with Crippen molar-refractivity contribution in [1.29, 1.82) is 5.26 Å². The van der Waals surface area contributed by atoms with Crippen LogP contribution >= 0.6 is 11.3 Å². The van der Waals surface area contributed by atoms with Gasteiger partial charge in [-0.05, 0) is 6.07 Å². The highest BCUT2D eigenvalue weighted by molar-refractivity contribution is 7.13. The third-order valence-corrected chi connectivity index (χ3v) is 2.88. The fourth-order valence-corrected chi connectivity index (χ4v) is 2.00. The van der Waals surface area contributed by atoms with Crippen LogP contribution in [0.1, 0.15) is 5.56 Å². The van der Waals surface area contributed by atoms with E-state index in [-0.39, 0.29) is 5.56 Å². The normalized spacial score (nSPS) is 9.81. The van der Waals surface area contributed by atoms with Gasteiger partial charge in [-0.15, -0.1) is 11.3 Å². The molecule has 5 heteroatoms. The molecule has 2 aromatic rings. The van der Waals surface area contributed by atoms with E-state index in [2.05, 4.69) is 4.98 Å². The maximum Gasteiger partial charge on any atom is 0.145 e. The molecule has 16 heavy (non-hydrogen) atoms. The van der Waals surface area contributed by atoms with Crippen molar-refractivity contribution in [2.24, 2.45) is 0 Å². The zero-order valence-corrected chi connectivity index (χ0v) is 9.21. The molecule has 1 heterocycles. The van der Waals surface area contributed by atoms with Crippen LogP contribution in [0.5, 0.6) is 5.75 Å². The Labute approximate surface area is 95.8 Å². The van der Waals surface area contributed by atoms with E-state index in [1.54, 1.807) is 17.6 Å². The molecule has 0 saturated heterocycles. The van der Waals surface area contributed by atoms with Gasteiger partial charge in [0.1, 0.15) is 22.6 Å². The molecule has 0 bridgehead atoms. The van der Waals surface area contributed by atoms with Gasteiger partial charge in [0.05, 0.1) is 12.7 Å². The summed E-state index contributed by atoms with van der Waals surface area (Å²) < 4.78 is 18.5. The minimum absolute atomic E-state index is 0.00394. The average Bonchev–Trinajstić information content (AvgIpc) is 2.81. The summed E-state index contributed by atoms with van der Waals surface area (Å²) in [5, 5.41) is 11.3. The van der Waals surface area contributed by atoms with Gasteiger partial charge in [0.15, 0.2) is 0 Å². The highest BCUT2D eigenvalue weighted by Crippen LogP contribution is 2.30. The number of hydrogen-bond donors (Lipinski definition) is 0. The summed E-state index contributed by atoms with van der Waals surface area (Å²) >= 11 is 1.35. The van der Waals surface area contributed by atoms with Crippen molar-refractivity contribution in [3.05, 3.63) is 35.1 Å². The third-order valence-electron chi connectivity index (χ3n) is 2.07. The molecular weight excluding hydrogens is 227 g/mol. The van der Waals surface area contributed by atoms with Crippen molar-refractivity contribution in [2.45, 2.75) is 0 Å². The predicted molar refractivity (Wildman–Crippen MR) is 58.8 cm³/mol. The lowest BCUT2D eigenvalue weighted by Crippen LogP contribution is -1.92. The maximum atomic E-state index is 13.6. The second-order valence-electron chi connectivity index (χ2n) is 2.98. The Morgan fingerprint density at radius 2 is 2.31 bits per heavy atom. The number of rotatable bonds is 2. The van der Waals surface area contributed by atoms with Crippen LogP contribution in [0, 0.1) is 17.1 Å². The van der Waals surface area contributed by atoms with Gasteiger partial charge in [-0.25, -0.2) is 9.37 Å². The molecule has 0 fully saturated rings. The Kier molecular flexibility index (Phi) is 2.84. The summed E-state index contributed by atoms with van der Waals surface area (Å²) in [7, 11) is 1.45. The first-order valence-corrected chi connectivity index (χ1v) is 5.31. The molecule has 0 saturated carbocycles. The summed E-state index contributed by atoms with van der Waals surface area (Å²) in [6, 6.07) is 4.64. The summed E-state index contributed by atoms with van der Waals surface area (Å²) in [4.78, 5) is 4.06. The highest BCUT2D eigenvalue weighted by atomic mass is 32.1. The number of nitriles is 1. The molecule has 0 aliphatic heterocycles. The molecule has 0 atom stereocenters. The monoisotopic (exact) mass is 234 g/mol. The van der Waals surface area contributed by atoms with Crippen molar-refractivity contribution in [2.75, 3.05) is 7.11 Å². The van der Waals surface area contributed by atoms with Crippen LogP contribution < -0.4 is 4.74 Å². The Bertz CT molecular complexity index is 546. The topological polar surface area (TPSA) is 45.9 Å². The van der Waals surface area contributed by atoms with E-state index in [0.29, 0.717) is 16.3 Å². The van der Waals surface area contributed by atoms with E-state index >= 15 is 0 Å². The fraction of sp³-hybridized carbons (Fsp3) is 0.0909. The van der Waals surface area contributed by atoms with Crippen LogP contribution in [0.3, 0.4) is 0 Å². The quantitative estimate of drug-likeness (QED) is 0.802. The van der Waals surface area contributed by atoms with Crippen LogP contribution in [-0.2, 0) is 0 Å². The van der Waals surface area contributed by atoms with Crippen LogP contribution in [0.4, 0.5) is 4.39 Å². The standard InChI is InChI=1S/C11H7FN2OS/c1-15-7-4-8(11-14-2-3-16-11)9(6-13)10(12)5-7/h2-5H,1H3. The second-order valence-corrected chi connectivity index (χ2v) is 3.88. The number of halogens is 1. The minimum Gasteiger partial charge on any atom is -0.497 e. The van der Waals surface area contributed by atoms with Gasteiger partial charge >= 0.3 is 0 Å². The van der Waals surface area contributed by atoms with Gasteiger partial charge in [0.25, 0.3) is 0 Å². The molecule has 0 radical (unpaired) electrons. The first kappa shape index (κ1) is 10.6. The third kappa shape index (κ3) is 1.75. The predicted octanol–water partition coefficient (Wildman–Crippen LogP) is 2.83. The first-order chi connectivity index (χ1) is 7.76. The number of ether oxygens (including phenoxy) is 1. The van der Waals surface area contributed by atoms with E-state index < -0.39 is 5.82 Å². The lowest BCUT2D eigenvalue weighted by Gasteiger charge is -2.05. The van der Waals surface area contributed by atoms with Crippen molar-refractivity contribution in [1.82, 2.24) is 4.98 Å². The fourth-order valence-electron chi connectivity index (χ4n) is 1.34. The number of thiazole rings is 1. The van der Waals surface area contributed by atoms with Crippen LogP contribution in [0.2, 0.25) is 0 Å². The van der Waals surface area contributed by atoms with Crippen LogP contribution in [0.15, 0.2) is 23.7 Å². The maximum absolute atomic E-state index is 13.6. The van der Waals surface area contributed by atoms with Gasteiger partial charge in [-0.3, -0.25) is 0 Å². The summed E-state index contributed by atoms with van der Waals surface area (Å²) in [5.41, 5.74) is 0.463. The smallest absolute Gasteiger partial charge is 0.145 e. The van der Waals surface area contributed by atoms with E-state index in [4.69, 9.17) is 10.00 Å². The van der Waals surface area contributed by atoms with Crippen molar-refractivity contribution >= 4 is 11.3 Å². The molecule has 1 aromatic heterocycles. The summed E-state index contributed by atoms with van der Waals surface area (Å²) in [6.07, 6.45) is 1.61. The Morgan fingerprint density at radius 1 is 1.50 bits per heavy atom. The molecule has 0 aliphatic carbocycles. The van der Waals surface area contributed by atoms with Crippen LogP contribution in [0.25, 0.3) is 10.6 Å². The molecule has 0 unspecified atom stereocenters. The largest absolute Gasteiger partial charge is 0.497 e. The molecule has 1 aromatic carbocycles. The number of methoxy groups -OCH3 is 1. The lowest BCUT2D eigenvalue weighted by atomic mass is 10.1. The van der Waals surface area contributed by atoms with E-state index in [1.165, 1.54) is 24.5 Å². The molecule has 0 aliphatic rings. The Morgan fingerprint density at radius 3 is 2.88 bits per heavy atom. The lowest BCUT2D eigenvalue weighted by molar-refractivity contribution is 0.411. The average molecular weight is 234 g/mol. The van der Waals surface area contributed by atoms with E-state index in [0.717, 1.165) is 0 Å². The Hall–Kier alpha value is -1.93. The van der Waals surface area contributed by atoms with Gasteiger partial charge in [0, 0.05) is 23.2 Å². The zero-order valence-electron chi connectivity index (χ0n) is 8.40. The second kappa shape index (κ2) is 4.29. The van der Waals surface area contributed by atoms with E-state index in [1.807, 2.05) is 6.07 Å². The van der Waals surface area contributed by atoms with Crippen molar-refractivity contribution in [3.63, 3.8) is 0 Å². The number of aromatic nitrogens is 1. The van der Waals surface area contributed by atoms with Crippen LogP contribution in [-0.4, -0.2) is 12.1 Å². The number of nitrogens with zero attached hydrogens (tertiary/aromatic N) is 2. The van der Waals surface area contributed by atoms with Gasteiger partial charge < -0.3 is 4.74 Å². The highest BCUT2D eigenvalue weighted by Gasteiger charge is 2.14. The first-order valence-electron chi connectivity index (χ1n) is 4.43. The van der Waals surface area contributed by atoms with Crippen molar-refractivity contribution in [3.8, 4) is 22.4 Å². The summed E-state index contributed by atoms with van der Waals surface area (Å²) in [5.74, 6) is -0.214. The molecule has 80 valence electrons. The summed E-state index contributed by atoms with van der Waals surface area (Å²) in [6.45, 7) is 0. The zero-order chi connectivity index (χ0) is 11.5. The van der Waals surface area contributed by atoms with Gasteiger partial charge in [0.2, 0.25) is 0 Å². The van der Waals surface area contributed by atoms with E-state index in [9.17, 15) is 4.39 Å². The molecular formula is C11H7FN2OS. The molecule has 0 N–H and O–H groups in total. The van der Waals surface area contributed by atoms with Gasteiger partial charge in [-0.2, -0.15) is 5.26 Å². The molecule has 2 rings (SSSR count). The SMILES string of the molecule is COc1cc(F)c(C#N)c(-c2nccs2)c1. The Balaban J connectivity index is 2.67. The molecule has 0 amide bonds. The number of hydrogen-bond acceptors (Lipinski definition) is 4. The number of benzene rings is 1. The molecule has 0 spiro atoms. The molecule has 3 nitrogen and oxygen atoms in total. The van der Waals surface area contributed by atoms with Gasteiger partial charge in [-0.1, -0.05) is 0 Å². The van der Waals surface area contributed by atoms with Crippen molar-refractivity contribution < 1.29 is 9.13 Å². The minimum atomic E-state index is -0.591.